The smallest absolute Gasteiger partial charge is 0.181 e. The predicted octanol–water partition coefficient (Wildman–Crippen LogP) is 4.62. The topological polar surface area (TPSA) is 30.7 Å². The molecule has 21 heavy (non-hydrogen) atoms. The van der Waals surface area contributed by atoms with E-state index in [1.54, 1.807) is 30.3 Å². The number of hydrogen-bond donors (Lipinski definition) is 0. The number of para-hydroxylation sites is 1. The summed E-state index contributed by atoms with van der Waals surface area (Å²) in [5.74, 6) is 0.821. The van der Waals surface area contributed by atoms with Crippen molar-refractivity contribution in [2.24, 2.45) is 0 Å². The van der Waals surface area contributed by atoms with Gasteiger partial charge in [0.15, 0.2) is 5.82 Å². The fourth-order valence-corrected chi connectivity index (χ4v) is 2.46. The average molecular weight is 367 g/mol. The van der Waals surface area contributed by atoms with Crippen LogP contribution in [0.1, 0.15) is 5.82 Å². The van der Waals surface area contributed by atoms with Crippen molar-refractivity contribution < 1.29 is 4.39 Å². The van der Waals surface area contributed by atoms with Gasteiger partial charge in [-0.15, -0.1) is 5.10 Å². The zero-order valence-electron chi connectivity index (χ0n) is 10.8. The van der Waals surface area contributed by atoms with E-state index in [9.17, 15) is 4.39 Å². The number of aromatic nitrogens is 3. The van der Waals surface area contributed by atoms with E-state index in [4.69, 9.17) is 11.6 Å². The van der Waals surface area contributed by atoms with Crippen LogP contribution < -0.4 is 0 Å². The van der Waals surface area contributed by atoms with Gasteiger partial charge >= 0.3 is 0 Å². The van der Waals surface area contributed by atoms with Crippen molar-refractivity contribution in [3.05, 3.63) is 65.2 Å². The highest BCUT2D eigenvalue weighted by Gasteiger charge is 2.14. The highest BCUT2D eigenvalue weighted by Crippen LogP contribution is 2.22. The molecule has 0 bridgehead atoms. The lowest BCUT2D eigenvalue weighted by Crippen LogP contribution is -2.03. The zero-order valence-corrected chi connectivity index (χ0v) is 13.1. The van der Waals surface area contributed by atoms with Crippen LogP contribution in [-0.2, 0) is 5.33 Å². The zero-order chi connectivity index (χ0) is 14.8. The Hall–Kier alpha value is -1.72. The number of nitrogens with zero attached hydrogens (tertiary/aromatic N) is 3. The van der Waals surface area contributed by atoms with E-state index in [1.807, 2.05) is 12.1 Å². The number of hydrogen-bond acceptors (Lipinski definition) is 2. The molecule has 0 saturated carbocycles. The summed E-state index contributed by atoms with van der Waals surface area (Å²) in [7, 11) is 0. The lowest BCUT2D eigenvalue weighted by Gasteiger charge is -2.04. The Morgan fingerprint density at radius 2 is 1.81 bits per heavy atom. The van der Waals surface area contributed by atoms with E-state index in [0.717, 1.165) is 5.56 Å². The minimum atomic E-state index is -0.341. The summed E-state index contributed by atoms with van der Waals surface area (Å²) in [5, 5.41) is 5.52. The number of rotatable bonds is 3. The van der Waals surface area contributed by atoms with Crippen LogP contribution >= 0.6 is 27.5 Å². The molecule has 6 heteroatoms. The molecule has 0 aliphatic carbocycles. The van der Waals surface area contributed by atoms with Crippen LogP contribution in [-0.4, -0.2) is 14.8 Å². The van der Waals surface area contributed by atoms with E-state index < -0.39 is 0 Å². The predicted molar refractivity (Wildman–Crippen MR) is 84.4 cm³/mol. The van der Waals surface area contributed by atoms with Gasteiger partial charge in [-0.2, -0.15) is 0 Å². The first-order valence-corrected chi connectivity index (χ1v) is 7.71. The van der Waals surface area contributed by atoms with Gasteiger partial charge in [0, 0.05) is 10.6 Å². The molecule has 0 fully saturated rings. The van der Waals surface area contributed by atoms with E-state index in [1.165, 1.54) is 10.7 Å². The van der Waals surface area contributed by atoms with Crippen molar-refractivity contribution >= 4 is 27.5 Å². The number of benzene rings is 2. The second-order valence-electron chi connectivity index (χ2n) is 4.36. The van der Waals surface area contributed by atoms with Gasteiger partial charge in [0.05, 0.1) is 5.33 Å². The summed E-state index contributed by atoms with van der Waals surface area (Å²) >= 11 is 9.24. The van der Waals surface area contributed by atoms with Gasteiger partial charge in [0.2, 0.25) is 0 Å². The van der Waals surface area contributed by atoms with Crippen molar-refractivity contribution in [1.29, 1.82) is 0 Å². The van der Waals surface area contributed by atoms with Gasteiger partial charge in [0.25, 0.3) is 0 Å². The summed E-state index contributed by atoms with van der Waals surface area (Å²) in [5.41, 5.74) is 1.20. The van der Waals surface area contributed by atoms with Gasteiger partial charge in [-0.1, -0.05) is 39.7 Å². The summed E-state index contributed by atoms with van der Waals surface area (Å²) < 4.78 is 15.4. The molecule has 0 atom stereocenters. The van der Waals surface area contributed by atoms with Crippen molar-refractivity contribution in [1.82, 2.24) is 14.8 Å². The molecule has 3 nitrogen and oxygen atoms in total. The maximum atomic E-state index is 13.9. The maximum absolute atomic E-state index is 13.9. The fourth-order valence-electron chi connectivity index (χ4n) is 1.97. The molecule has 0 radical (unpaired) electrons. The van der Waals surface area contributed by atoms with Crippen LogP contribution in [0.3, 0.4) is 0 Å². The Labute approximate surface area is 134 Å². The lowest BCUT2D eigenvalue weighted by molar-refractivity contribution is 0.608. The highest BCUT2D eigenvalue weighted by molar-refractivity contribution is 9.08. The third kappa shape index (κ3) is 2.84. The fraction of sp³-hybridized carbons (Fsp3) is 0.0667. The Morgan fingerprint density at radius 1 is 1.10 bits per heavy atom. The summed E-state index contributed by atoms with van der Waals surface area (Å²) in [6, 6.07) is 13.7. The first kappa shape index (κ1) is 14.2. The average Bonchev–Trinajstić information content (AvgIpc) is 2.92. The van der Waals surface area contributed by atoms with Gasteiger partial charge in [-0.05, 0) is 36.4 Å². The van der Waals surface area contributed by atoms with Gasteiger partial charge in [-0.25, -0.2) is 14.1 Å². The molecule has 3 rings (SSSR count). The third-order valence-electron chi connectivity index (χ3n) is 2.98. The summed E-state index contributed by atoms with van der Waals surface area (Å²) in [6.07, 6.45) is 0. The van der Waals surface area contributed by atoms with E-state index in [0.29, 0.717) is 27.7 Å². The summed E-state index contributed by atoms with van der Waals surface area (Å²) in [4.78, 5) is 4.44. The maximum Gasteiger partial charge on any atom is 0.181 e. The van der Waals surface area contributed by atoms with E-state index in [2.05, 4.69) is 26.0 Å². The largest absolute Gasteiger partial charge is 0.213 e. The van der Waals surface area contributed by atoms with Crippen LogP contribution in [0.2, 0.25) is 5.02 Å². The van der Waals surface area contributed by atoms with Crippen LogP contribution in [0.25, 0.3) is 17.1 Å². The first-order valence-electron chi connectivity index (χ1n) is 6.22. The van der Waals surface area contributed by atoms with Gasteiger partial charge in [-0.3, -0.25) is 0 Å². The monoisotopic (exact) mass is 365 g/mol. The molecule has 0 unspecified atom stereocenters. The van der Waals surface area contributed by atoms with Crippen LogP contribution in [0.15, 0.2) is 48.5 Å². The molecule has 3 aromatic rings. The third-order valence-corrected chi connectivity index (χ3v) is 3.73. The molecule has 0 amide bonds. The molecule has 0 aliphatic rings. The van der Waals surface area contributed by atoms with Crippen molar-refractivity contribution in [2.75, 3.05) is 0 Å². The Kier molecular flexibility index (Phi) is 4.03. The normalized spacial score (nSPS) is 10.8. The van der Waals surface area contributed by atoms with Crippen LogP contribution in [0.4, 0.5) is 4.39 Å². The molecule has 1 heterocycles. The quantitative estimate of drug-likeness (QED) is 0.633. The molecule has 106 valence electrons. The SMILES string of the molecule is Fc1ccccc1-n1nc(-c2ccc(Cl)cc2)nc1CBr. The van der Waals surface area contributed by atoms with Gasteiger partial charge < -0.3 is 0 Å². The Balaban J connectivity index is 2.11. The number of halogens is 3. The van der Waals surface area contributed by atoms with E-state index in [-0.39, 0.29) is 5.82 Å². The summed E-state index contributed by atoms with van der Waals surface area (Å²) in [6.45, 7) is 0. The van der Waals surface area contributed by atoms with Crippen molar-refractivity contribution in [3.63, 3.8) is 0 Å². The number of alkyl halides is 1. The molecule has 1 aromatic heterocycles. The molecule has 0 aliphatic heterocycles. The van der Waals surface area contributed by atoms with Crippen LogP contribution in [0, 0.1) is 5.82 Å². The van der Waals surface area contributed by atoms with Crippen molar-refractivity contribution in [3.8, 4) is 17.1 Å². The van der Waals surface area contributed by atoms with Crippen molar-refractivity contribution in [2.45, 2.75) is 5.33 Å². The minimum absolute atomic E-state index is 0.341. The molecule has 0 spiro atoms. The Morgan fingerprint density at radius 3 is 2.48 bits per heavy atom. The molecular formula is C15H10BrClFN3. The first-order chi connectivity index (χ1) is 10.2. The molecule has 0 N–H and O–H groups in total. The molecule has 0 saturated heterocycles. The Bertz CT molecular complexity index is 771. The highest BCUT2D eigenvalue weighted by atomic mass is 79.9. The van der Waals surface area contributed by atoms with E-state index >= 15 is 0 Å². The van der Waals surface area contributed by atoms with Gasteiger partial charge in [0.1, 0.15) is 17.3 Å². The second-order valence-corrected chi connectivity index (χ2v) is 5.35. The molecule has 2 aromatic carbocycles. The second kappa shape index (κ2) is 5.95. The van der Waals surface area contributed by atoms with Crippen LogP contribution in [0.5, 0.6) is 0 Å². The molecular weight excluding hydrogens is 357 g/mol. The lowest BCUT2D eigenvalue weighted by atomic mass is 10.2. The minimum Gasteiger partial charge on any atom is -0.213 e. The standard InChI is InChI=1S/C15H10BrClFN3/c16-9-14-19-15(10-5-7-11(17)8-6-10)20-21(14)13-4-2-1-3-12(13)18/h1-8H,9H2.